The lowest BCUT2D eigenvalue weighted by Crippen LogP contribution is -2.34. The summed E-state index contributed by atoms with van der Waals surface area (Å²) in [5.74, 6) is 1.45. The van der Waals surface area contributed by atoms with Crippen LogP contribution in [0.4, 0.5) is 0 Å². The summed E-state index contributed by atoms with van der Waals surface area (Å²) in [5, 5.41) is 10.6. The van der Waals surface area contributed by atoms with Crippen LogP contribution in [0, 0.1) is 0 Å². The van der Waals surface area contributed by atoms with Crippen LogP contribution in [0.2, 0.25) is 0 Å². The van der Waals surface area contributed by atoms with Gasteiger partial charge in [-0.15, -0.1) is 0 Å². The smallest absolute Gasteiger partial charge is 0.163 e. The van der Waals surface area contributed by atoms with E-state index in [2.05, 4.69) is 12.1 Å². The van der Waals surface area contributed by atoms with Crippen molar-refractivity contribution in [2.24, 2.45) is 0 Å². The Kier molecular flexibility index (Phi) is 3.08. The fourth-order valence-corrected chi connectivity index (χ4v) is 3.18. The fourth-order valence-electron chi connectivity index (χ4n) is 3.18. The average Bonchev–Trinajstić information content (AvgIpc) is 3.01. The number of aryl methyl sites for hydroxylation is 2. The summed E-state index contributed by atoms with van der Waals surface area (Å²) in [7, 11) is 0. The molecule has 0 aromatic heterocycles. The normalized spacial score (nSPS) is 20.9. The minimum absolute atomic E-state index is 0.362. The molecule has 0 saturated carbocycles. The zero-order valence-corrected chi connectivity index (χ0v) is 11.8. The van der Waals surface area contributed by atoms with Crippen LogP contribution in [0.1, 0.15) is 29.2 Å². The Hall–Kier alpha value is -2.00. The summed E-state index contributed by atoms with van der Waals surface area (Å²) in [6.07, 6.45) is 2.46. The minimum Gasteiger partial charge on any atom is -0.486 e. The van der Waals surface area contributed by atoms with Gasteiger partial charge in [-0.1, -0.05) is 30.3 Å². The average molecular weight is 282 g/mol. The van der Waals surface area contributed by atoms with E-state index in [9.17, 15) is 5.11 Å². The Morgan fingerprint density at radius 2 is 1.81 bits per heavy atom. The Morgan fingerprint density at radius 3 is 2.71 bits per heavy atom. The molecule has 0 saturated heterocycles. The van der Waals surface area contributed by atoms with Crippen molar-refractivity contribution in [1.82, 2.24) is 0 Å². The molecule has 4 rings (SSSR count). The van der Waals surface area contributed by atoms with E-state index < -0.39 is 6.10 Å². The summed E-state index contributed by atoms with van der Waals surface area (Å²) < 4.78 is 11.6. The molecule has 2 atom stereocenters. The van der Waals surface area contributed by atoms with Crippen LogP contribution in [0.5, 0.6) is 11.5 Å². The maximum atomic E-state index is 10.6. The van der Waals surface area contributed by atoms with E-state index in [1.54, 1.807) is 0 Å². The summed E-state index contributed by atoms with van der Waals surface area (Å²) in [4.78, 5) is 0. The third kappa shape index (κ3) is 2.28. The van der Waals surface area contributed by atoms with Crippen LogP contribution in [-0.2, 0) is 12.8 Å². The maximum absolute atomic E-state index is 10.6. The molecule has 0 bridgehead atoms. The molecule has 2 aliphatic rings. The molecular formula is C18H18O3. The van der Waals surface area contributed by atoms with E-state index in [1.165, 1.54) is 17.5 Å². The highest BCUT2D eigenvalue weighted by molar-refractivity contribution is 5.41. The van der Waals surface area contributed by atoms with Crippen molar-refractivity contribution in [3.8, 4) is 11.5 Å². The Bertz CT molecular complexity index is 665. The van der Waals surface area contributed by atoms with Crippen molar-refractivity contribution < 1.29 is 14.6 Å². The van der Waals surface area contributed by atoms with Gasteiger partial charge in [0, 0.05) is 0 Å². The second-order valence-corrected chi connectivity index (χ2v) is 5.74. The lowest BCUT2D eigenvalue weighted by Gasteiger charge is -2.30. The summed E-state index contributed by atoms with van der Waals surface area (Å²) in [5.41, 5.74) is 3.70. The van der Waals surface area contributed by atoms with Crippen molar-refractivity contribution in [1.29, 1.82) is 0 Å². The second kappa shape index (κ2) is 5.08. The van der Waals surface area contributed by atoms with Gasteiger partial charge in [0.25, 0.3) is 0 Å². The molecule has 2 unspecified atom stereocenters. The van der Waals surface area contributed by atoms with Gasteiger partial charge in [0.2, 0.25) is 0 Å². The predicted molar refractivity (Wildman–Crippen MR) is 79.8 cm³/mol. The molecule has 108 valence electrons. The van der Waals surface area contributed by atoms with E-state index in [-0.39, 0.29) is 6.10 Å². The first kappa shape index (κ1) is 12.7. The molecule has 0 spiro atoms. The first-order valence-electron chi connectivity index (χ1n) is 7.49. The van der Waals surface area contributed by atoms with Gasteiger partial charge in [0.1, 0.15) is 12.7 Å². The third-order valence-electron chi connectivity index (χ3n) is 4.35. The highest BCUT2D eigenvalue weighted by Crippen LogP contribution is 2.35. The van der Waals surface area contributed by atoms with Gasteiger partial charge < -0.3 is 14.6 Å². The number of benzene rings is 2. The van der Waals surface area contributed by atoms with Gasteiger partial charge in [-0.25, -0.2) is 0 Å². The first-order valence-corrected chi connectivity index (χ1v) is 7.49. The highest BCUT2D eigenvalue weighted by atomic mass is 16.6. The van der Waals surface area contributed by atoms with Crippen LogP contribution in [0.3, 0.4) is 0 Å². The molecule has 1 aliphatic carbocycles. The fraction of sp³-hybridized carbons (Fsp3) is 0.333. The van der Waals surface area contributed by atoms with E-state index in [1.807, 2.05) is 30.3 Å². The van der Waals surface area contributed by atoms with E-state index in [0.29, 0.717) is 12.4 Å². The van der Waals surface area contributed by atoms with Crippen molar-refractivity contribution in [2.75, 3.05) is 6.61 Å². The molecule has 0 radical (unpaired) electrons. The molecule has 1 N–H and O–H groups in total. The van der Waals surface area contributed by atoms with Gasteiger partial charge in [-0.2, -0.15) is 0 Å². The molecule has 21 heavy (non-hydrogen) atoms. The molecular weight excluding hydrogens is 264 g/mol. The van der Waals surface area contributed by atoms with Gasteiger partial charge >= 0.3 is 0 Å². The summed E-state index contributed by atoms with van der Waals surface area (Å²) in [6, 6.07) is 13.9. The number of hydrogen-bond acceptors (Lipinski definition) is 3. The van der Waals surface area contributed by atoms with Crippen LogP contribution in [-0.4, -0.2) is 17.8 Å². The van der Waals surface area contributed by atoms with E-state index in [0.717, 1.165) is 24.2 Å². The Balaban J connectivity index is 1.57. The standard InChI is InChI=1S/C18H18O3/c19-18(14-9-8-12-4-3-5-13(12)10-14)17-11-20-15-6-1-2-7-16(15)21-17/h1-2,6-10,17-19H,3-5,11H2. The molecule has 2 aromatic rings. The highest BCUT2D eigenvalue weighted by Gasteiger charge is 2.29. The predicted octanol–water partition coefficient (Wildman–Crippen LogP) is 3.05. The number of aliphatic hydroxyl groups excluding tert-OH is 1. The topological polar surface area (TPSA) is 38.7 Å². The summed E-state index contributed by atoms with van der Waals surface area (Å²) in [6.45, 7) is 0.370. The van der Waals surface area contributed by atoms with E-state index >= 15 is 0 Å². The molecule has 2 aromatic carbocycles. The third-order valence-corrected chi connectivity index (χ3v) is 4.35. The van der Waals surface area contributed by atoms with Crippen molar-refractivity contribution >= 4 is 0 Å². The van der Waals surface area contributed by atoms with Gasteiger partial charge in [-0.3, -0.25) is 0 Å². The molecule has 0 amide bonds. The van der Waals surface area contributed by atoms with Crippen LogP contribution < -0.4 is 9.47 Å². The monoisotopic (exact) mass is 282 g/mol. The Labute approximate surface area is 124 Å². The Morgan fingerprint density at radius 1 is 1.00 bits per heavy atom. The van der Waals surface area contributed by atoms with Gasteiger partial charge in [0.05, 0.1) is 0 Å². The summed E-state index contributed by atoms with van der Waals surface area (Å²) >= 11 is 0. The van der Waals surface area contributed by atoms with Crippen LogP contribution in [0.25, 0.3) is 0 Å². The number of fused-ring (bicyclic) bond motifs is 2. The van der Waals surface area contributed by atoms with Gasteiger partial charge in [0.15, 0.2) is 17.6 Å². The minimum atomic E-state index is -0.663. The number of para-hydroxylation sites is 2. The largest absolute Gasteiger partial charge is 0.486 e. The molecule has 1 heterocycles. The maximum Gasteiger partial charge on any atom is 0.163 e. The SMILES string of the molecule is OC(c1ccc2c(c1)CCC2)C1COc2ccccc2O1. The number of ether oxygens (including phenoxy) is 2. The molecule has 1 aliphatic heterocycles. The van der Waals surface area contributed by atoms with E-state index in [4.69, 9.17) is 9.47 Å². The lowest BCUT2D eigenvalue weighted by molar-refractivity contribution is -0.0113. The first-order chi connectivity index (χ1) is 10.3. The molecule has 3 heteroatoms. The number of hydrogen-bond donors (Lipinski definition) is 1. The molecule has 0 fully saturated rings. The van der Waals surface area contributed by atoms with Crippen molar-refractivity contribution in [3.63, 3.8) is 0 Å². The van der Waals surface area contributed by atoms with Crippen LogP contribution >= 0.6 is 0 Å². The second-order valence-electron chi connectivity index (χ2n) is 5.74. The van der Waals surface area contributed by atoms with Crippen molar-refractivity contribution in [3.05, 3.63) is 59.2 Å². The lowest BCUT2D eigenvalue weighted by atomic mass is 9.99. The van der Waals surface area contributed by atoms with Crippen molar-refractivity contribution in [2.45, 2.75) is 31.5 Å². The zero-order valence-electron chi connectivity index (χ0n) is 11.8. The zero-order chi connectivity index (χ0) is 14.2. The quantitative estimate of drug-likeness (QED) is 0.920. The molecule has 3 nitrogen and oxygen atoms in total. The van der Waals surface area contributed by atoms with Gasteiger partial charge in [-0.05, 0) is 48.1 Å². The number of rotatable bonds is 2. The van der Waals surface area contributed by atoms with Crippen LogP contribution in [0.15, 0.2) is 42.5 Å². The number of aliphatic hydroxyl groups is 1.